The van der Waals surface area contributed by atoms with Crippen LogP contribution in [0.5, 0.6) is 0 Å². The normalized spacial score (nSPS) is 12.4. The molecule has 2 aromatic heterocycles. The molecule has 0 amide bonds. The van der Waals surface area contributed by atoms with Crippen molar-refractivity contribution >= 4 is 5.82 Å². The summed E-state index contributed by atoms with van der Waals surface area (Å²) >= 11 is 0. The predicted molar refractivity (Wildman–Crippen MR) is 66.3 cm³/mol. The third-order valence-electron chi connectivity index (χ3n) is 2.53. The SMILES string of the molecule is CNC(c1ncc(C)cn1)c1cccnc1N. The van der Waals surface area contributed by atoms with Crippen molar-refractivity contribution in [2.75, 3.05) is 12.8 Å². The molecule has 1 unspecified atom stereocenters. The zero-order valence-corrected chi connectivity index (χ0v) is 9.88. The quantitative estimate of drug-likeness (QED) is 0.823. The summed E-state index contributed by atoms with van der Waals surface area (Å²) in [4.78, 5) is 12.7. The van der Waals surface area contributed by atoms with Gasteiger partial charge in [-0.2, -0.15) is 0 Å². The second-order valence-electron chi connectivity index (χ2n) is 3.82. The van der Waals surface area contributed by atoms with Crippen LogP contribution in [0.2, 0.25) is 0 Å². The van der Waals surface area contributed by atoms with Gasteiger partial charge in [-0.15, -0.1) is 0 Å². The van der Waals surface area contributed by atoms with E-state index in [4.69, 9.17) is 5.73 Å². The Morgan fingerprint density at radius 3 is 2.53 bits per heavy atom. The fraction of sp³-hybridized carbons (Fsp3) is 0.250. The molecule has 0 spiro atoms. The Bertz CT molecular complexity index is 495. The monoisotopic (exact) mass is 229 g/mol. The van der Waals surface area contributed by atoms with E-state index in [2.05, 4.69) is 20.3 Å². The molecular formula is C12H15N5. The predicted octanol–water partition coefficient (Wildman–Crippen LogP) is 1.07. The number of nitrogens with two attached hydrogens (primary N) is 1. The number of aryl methyl sites for hydroxylation is 1. The highest BCUT2D eigenvalue weighted by Gasteiger charge is 2.17. The van der Waals surface area contributed by atoms with E-state index in [0.29, 0.717) is 11.6 Å². The Morgan fingerprint density at radius 1 is 1.24 bits per heavy atom. The average Bonchev–Trinajstić information content (AvgIpc) is 2.35. The second kappa shape index (κ2) is 4.88. The largest absolute Gasteiger partial charge is 0.383 e. The minimum absolute atomic E-state index is 0.135. The van der Waals surface area contributed by atoms with E-state index in [1.165, 1.54) is 0 Å². The first-order valence-electron chi connectivity index (χ1n) is 5.38. The van der Waals surface area contributed by atoms with E-state index in [1.807, 2.05) is 26.1 Å². The number of hydrogen-bond acceptors (Lipinski definition) is 5. The first-order valence-corrected chi connectivity index (χ1v) is 5.38. The molecule has 0 saturated heterocycles. The Labute approximate surface area is 100 Å². The molecule has 5 nitrogen and oxygen atoms in total. The molecule has 0 saturated carbocycles. The van der Waals surface area contributed by atoms with Gasteiger partial charge < -0.3 is 11.1 Å². The van der Waals surface area contributed by atoms with Crippen molar-refractivity contribution in [2.24, 2.45) is 0 Å². The summed E-state index contributed by atoms with van der Waals surface area (Å²) in [7, 11) is 1.85. The number of hydrogen-bond donors (Lipinski definition) is 2. The third-order valence-corrected chi connectivity index (χ3v) is 2.53. The van der Waals surface area contributed by atoms with Crippen LogP contribution < -0.4 is 11.1 Å². The average molecular weight is 229 g/mol. The van der Waals surface area contributed by atoms with E-state index in [9.17, 15) is 0 Å². The van der Waals surface area contributed by atoms with Crippen LogP contribution in [0.1, 0.15) is 23.0 Å². The van der Waals surface area contributed by atoms with E-state index in [0.717, 1.165) is 11.1 Å². The van der Waals surface area contributed by atoms with Crippen molar-refractivity contribution in [2.45, 2.75) is 13.0 Å². The molecule has 88 valence electrons. The van der Waals surface area contributed by atoms with Gasteiger partial charge in [-0.3, -0.25) is 0 Å². The molecule has 2 rings (SSSR count). The van der Waals surface area contributed by atoms with E-state index < -0.39 is 0 Å². The molecule has 0 aromatic carbocycles. The zero-order chi connectivity index (χ0) is 12.3. The van der Waals surface area contributed by atoms with Crippen LogP contribution >= 0.6 is 0 Å². The van der Waals surface area contributed by atoms with Gasteiger partial charge in [0, 0.05) is 24.2 Å². The van der Waals surface area contributed by atoms with E-state index >= 15 is 0 Å². The third kappa shape index (κ3) is 2.39. The summed E-state index contributed by atoms with van der Waals surface area (Å²) in [6.07, 6.45) is 5.25. The Balaban J connectivity index is 2.40. The lowest BCUT2D eigenvalue weighted by Gasteiger charge is -2.16. The Hall–Kier alpha value is -2.01. The summed E-state index contributed by atoms with van der Waals surface area (Å²) in [5, 5.41) is 3.15. The number of aromatic nitrogens is 3. The summed E-state index contributed by atoms with van der Waals surface area (Å²) in [6.45, 7) is 1.95. The van der Waals surface area contributed by atoms with E-state index in [1.54, 1.807) is 18.6 Å². The zero-order valence-electron chi connectivity index (χ0n) is 9.88. The molecule has 17 heavy (non-hydrogen) atoms. The molecule has 0 bridgehead atoms. The molecular weight excluding hydrogens is 214 g/mol. The van der Waals surface area contributed by atoms with Gasteiger partial charge in [0.15, 0.2) is 0 Å². The number of nitrogen functional groups attached to an aromatic ring is 1. The summed E-state index contributed by atoms with van der Waals surface area (Å²) in [6, 6.07) is 3.64. The van der Waals surface area contributed by atoms with Crippen LogP contribution in [0.3, 0.4) is 0 Å². The highest BCUT2D eigenvalue weighted by molar-refractivity contribution is 5.43. The lowest BCUT2D eigenvalue weighted by atomic mass is 10.1. The molecule has 2 heterocycles. The van der Waals surface area contributed by atoms with Crippen LogP contribution in [-0.4, -0.2) is 22.0 Å². The van der Waals surface area contributed by atoms with Gasteiger partial charge >= 0.3 is 0 Å². The molecule has 0 radical (unpaired) electrons. The number of anilines is 1. The lowest BCUT2D eigenvalue weighted by molar-refractivity contribution is 0.645. The van der Waals surface area contributed by atoms with Crippen LogP contribution in [0.25, 0.3) is 0 Å². The standard InChI is InChI=1S/C12H15N5/c1-8-6-16-12(17-7-8)10(14-2)9-4-3-5-15-11(9)13/h3-7,10,14H,1-2H3,(H2,13,15). The van der Waals surface area contributed by atoms with Crippen LogP contribution in [0, 0.1) is 6.92 Å². The van der Waals surface area contributed by atoms with Gasteiger partial charge in [0.25, 0.3) is 0 Å². The maximum Gasteiger partial charge on any atom is 0.149 e. The van der Waals surface area contributed by atoms with Crippen molar-refractivity contribution < 1.29 is 0 Å². The molecule has 3 N–H and O–H groups in total. The van der Waals surface area contributed by atoms with Crippen molar-refractivity contribution in [3.8, 4) is 0 Å². The molecule has 0 aliphatic rings. The molecule has 2 aromatic rings. The van der Waals surface area contributed by atoms with Gasteiger partial charge in [0.2, 0.25) is 0 Å². The van der Waals surface area contributed by atoms with Gasteiger partial charge in [-0.25, -0.2) is 15.0 Å². The number of nitrogens with one attached hydrogen (secondary N) is 1. The highest BCUT2D eigenvalue weighted by Crippen LogP contribution is 2.21. The Kier molecular flexibility index (Phi) is 3.30. The maximum absolute atomic E-state index is 5.86. The molecule has 5 heteroatoms. The maximum atomic E-state index is 5.86. The van der Waals surface area contributed by atoms with Crippen molar-refractivity contribution in [3.05, 3.63) is 47.7 Å². The van der Waals surface area contributed by atoms with Crippen LogP contribution in [0.15, 0.2) is 30.7 Å². The number of nitrogens with zero attached hydrogens (tertiary/aromatic N) is 3. The fourth-order valence-corrected chi connectivity index (χ4v) is 1.65. The lowest BCUT2D eigenvalue weighted by Crippen LogP contribution is -2.21. The van der Waals surface area contributed by atoms with Crippen molar-refractivity contribution in [3.63, 3.8) is 0 Å². The number of pyridine rings is 1. The fourth-order valence-electron chi connectivity index (χ4n) is 1.65. The smallest absolute Gasteiger partial charge is 0.149 e. The van der Waals surface area contributed by atoms with Gasteiger partial charge in [0.05, 0.1) is 6.04 Å². The summed E-state index contributed by atoms with van der Waals surface area (Å²) in [5.74, 6) is 1.19. The van der Waals surface area contributed by atoms with Gasteiger partial charge in [-0.1, -0.05) is 6.07 Å². The van der Waals surface area contributed by atoms with E-state index in [-0.39, 0.29) is 6.04 Å². The van der Waals surface area contributed by atoms with Crippen LogP contribution in [0.4, 0.5) is 5.82 Å². The second-order valence-corrected chi connectivity index (χ2v) is 3.82. The van der Waals surface area contributed by atoms with Crippen molar-refractivity contribution in [1.82, 2.24) is 20.3 Å². The minimum atomic E-state index is -0.135. The van der Waals surface area contributed by atoms with Gasteiger partial charge in [-0.05, 0) is 25.6 Å². The Morgan fingerprint density at radius 2 is 1.94 bits per heavy atom. The summed E-state index contributed by atoms with van der Waals surface area (Å²) < 4.78 is 0. The molecule has 1 atom stereocenters. The molecule has 0 aliphatic carbocycles. The topological polar surface area (TPSA) is 76.7 Å². The molecule has 0 aliphatic heterocycles. The van der Waals surface area contributed by atoms with Gasteiger partial charge in [0.1, 0.15) is 11.6 Å². The number of rotatable bonds is 3. The first-order chi connectivity index (χ1) is 8.22. The molecule has 0 fully saturated rings. The summed E-state index contributed by atoms with van der Waals surface area (Å²) in [5.41, 5.74) is 7.78. The van der Waals surface area contributed by atoms with Crippen molar-refractivity contribution in [1.29, 1.82) is 0 Å². The highest BCUT2D eigenvalue weighted by atomic mass is 15.0. The first kappa shape index (κ1) is 11.5. The minimum Gasteiger partial charge on any atom is -0.383 e. The van der Waals surface area contributed by atoms with Crippen LogP contribution in [-0.2, 0) is 0 Å².